The first kappa shape index (κ1) is 17.4. The molecule has 132 valence electrons. The number of hydrogen-bond acceptors (Lipinski definition) is 5. The lowest BCUT2D eigenvalue weighted by Crippen LogP contribution is -2.08. The second-order valence-corrected chi connectivity index (χ2v) is 6.17. The third-order valence-electron chi connectivity index (χ3n) is 4.04. The number of carbonyl (C=O) groups is 1. The molecule has 2 N–H and O–H groups in total. The Kier molecular flexibility index (Phi) is 4.84. The molecule has 0 amide bonds. The number of anilines is 3. The van der Waals surface area contributed by atoms with Crippen LogP contribution in [0.1, 0.15) is 15.9 Å². The zero-order valence-corrected chi connectivity index (χ0v) is 14.9. The zero-order chi connectivity index (χ0) is 18.7. The van der Waals surface area contributed by atoms with Crippen LogP contribution in [0.2, 0.25) is 0 Å². The van der Waals surface area contributed by atoms with Crippen molar-refractivity contribution >= 4 is 23.3 Å². The summed E-state index contributed by atoms with van der Waals surface area (Å²) in [5, 5.41) is 12.3. The van der Waals surface area contributed by atoms with Crippen LogP contribution in [-0.2, 0) is 0 Å². The number of aryl methyl sites for hydroxylation is 1. The molecule has 6 nitrogen and oxygen atoms in total. The Morgan fingerprint density at radius 2 is 1.92 bits per heavy atom. The second kappa shape index (κ2) is 7.23. The molecule has 1 aromatic heterocycles. The number of nitrogens with zero attached hydrogens (tertiary/aromatic N) is 3. The van der Waals surface area contributed by atoms with Crippen LogP contribution >= 0.6 is 0 Å². The van der Waals surface area contributed by atoms with E-state index in [1.807, 2.05) is 50.2 Å². The molecule has 0 fully saturated rings. The Bertz CT molecular complexity index is 954. The standard InChI is InChI=1S/C20H20N4O2/c1-13-7-8-15(19(25)26)12-18(13)23-20-21-10-9-17(22-20)14-5-4-6-16(11-14)24(2)3/h4-12H,1-3H3,(H,25,26)(H,21,22,23). The molecule has 6 heteroatoms. The summed E-state index contributed by atoms with van der Waals surface area (Å²) in [4.78, 5) is 22.0. The van der Waals surface area contributed by atoms with Gasteiger partial charge in [0.05, 0.1) is 11.3 Å². The van der Waals surface area contributed by atoms with E-state index in [0.29, 0.717) is 11.6 Å². The molecule has 0 atom stereocenters. The summed E-state index contributed by atoms with van der Waals surface area (Å²) >= 11 is 0. The average Bonchev–Trinajstić information content (AvgIpc) is 2.63. The fourth-order valence-electron chi connectivity index (χ4n) is 2.53. The highest BCUT2D eigenvalue weighted by Crippen LogP contribution is 2.25. The smallest absolute Gasteiger partial charge is 0.335 e. The zero-order valence-electron chi connectivity index (χ0n) is 14.9. The largest absolute Gasteiger partial charge is 0.478 e. The molecule has 0 bridgehead atoms. The van der Waals surface area contributed by atoms with Crippen molar-refractivity contribution in [1.82, 2.24) is 9.97 Å². The van der Waals surface area contributed by atoms with Gasteiger partial charge in [0.2, 0.25) is 5.95 Å². The topological polar surface area (TPSA) is 78.3 Å². The van der Waals surface area contributed by atoms with Crippen molar-refractivity contribution in [2.45, 2.75) is 6.92 Å². The Morgan fingerprint density at radius 1 is 1.12 bits per heavy atom. The van der Waals surface area contributed by atoms with Crippen molar-refractivity contribution < 1.29 is 9.90 Å². The Balaban J connectivity index is 1.92. The van der Waals surface area contributed by atoms with Crippen molar-refractivity contribution in [3.05, 3.63) is 65.9 Å². The van der Waals surface area contributed by atoms with E-state index in [0.717, 1.165) is 22.5 Å². The van der Waals surface area contributed by atoms with Crippen molar-refractivity contribution in [2.75, 3.05) is 24.3 Å². The summed E-state index contributed by atoms with van der Waals surface area (Å²) in [5.74, 6) is -0.549. The van der Waals surface area contributed by atoms with E-state index in [1.165, 1.54) is 0 Å². The summed E-state index contributed by atoms with van der Waals surface area (Å²) in [6, 6.07) is 14.8. The van der Waals surface area contributed by atoms with Crippen LogP contribution in [0.5, 0.6) is 0 Å². The maximum absolute atomic E-state index is 11.2. The molecule has 0 aliphatic rings. The molecule has 0 unspecified atom stereocenters. The summed E-state index contributed by atoms with van der Waals surface area (Å²) in [5.41, 5.74) is 4.66. The number of carboxylic acids is 1. The normalized spacial score (nSPS) is 10.4. The fraction of sp³-hybridized carbons (Fsp3) is 0.150. The predicted octanol–water partition coefficient (Wildman–Crippen LogP) is 3.96. The van der Waals surface area contributed by atoms with E-state index in [-0.39, 0.29) is 5.56 Å². The van der Waals surface area contributed by atoms with Gasteiger partial charge in [0.15, 0.2) is 0 Å². The highest BCUT2D eigenvalue weighted by molar-refractivity contribution is 5.89. The van der Waals surface area contributed by atoms with E-state index < -0.39 is 5.97 Å². The first-order valence-corrected chi connectivity index (χ1v) is 8.16. The molecule has 26 heavy (non-hydrogen) atoms. The molecular weight excluding hydrogens is 328 g/mol. The summed E-state index contributed by atoms with van der Waals surface area (Å²) in [7, 11) is 3.98. The van der Waals surface area contributed by atoms with Crippen molar-refractivity contribution in [3.63, 3.8) is 0 Å². The minimum absolute atomic E-state index is 0.216. The summed E-state index contributed by atoms with van der Waals surface area (Å²) in [6.07, 6.45) is 1.68. The Hall–Kier alpha value is -3.41. The van der Waals surface area contributed by atoms with Crippen LogP contribution in [-0.4, -0.2) is 35.1 Å². The van der Waals surface area contributed by atoms with Gasteiger partial charge in [-0.15, -0.1) is 0 Å². The Labute approximate surface area is 152 Å². The average molecular weight is 348 g/mol. The van der Waals surface area contributed by atoms with Gasteiger partial charge < -0.3 is 15.3 Å². The second-order valence-electron chi connectivity index (χ2n) is 6.17. The first-order valence-electron chi connectivity index (χ1n) is 8.16. The van der Waals surface area contributed by atoms with Crippen LogP contribution in [0.3, 0.4) is 0 Å². The lowest BCUT2D eigenvalue weighted by molar-refractivity contribution is 0.0697. The van der Waals surface area contributed by atoms with E-state index in [1.54, 1.807) is 24.4 Å². The monoisotopic (exact) mass is 348 g/mol. The SMILES string of the molecule is Cc1ccc(C(=O)O)cc1Nc1nccc(-c2cccc(N(C)C)c2)n1. The lowest BCUT2D eigenvalue weighted by atomic mass is 10.1. The summed E-state index contributed by atoms with van der Waals surface area (Å²) in [6.45, 7) is 1.90. The predicted molar refractivity (Wildman–Crippen MR) is 103 cm³/mol. The van der Waals surface area contributed by atoms with Gasteiger partial charge in [-0.05, 0) is 42.8 Å². The van der Waals surface area contributed by atoms with Crippen molar-refractivity contribution in [2.24, 2.45) is 0 Å². The van der Waals surface area contributed by atoms with Crippen molar-refractivity contribution in [3.8, 4) is 11.3 Å². The Morgan fingerprint density at radius 3 is 2.65 bits per heavy atom. The van der Waals surface area contributed by atoms with Crippen LogP contribution in [0.15, 0.2) is 54.7 Å². The summed E-state index contributed by atoms with van der Waals surface area (Å²) < 4.78 is 0. The molecule has 0 saturated carbocycles. The third kappa shape index (κ3) is 3.80. The number of hydrogen-bond donors (Lipinski definition) is 2. The number of aromatic carboxylic acids is 1. The van der Waals surface area contributed by atoms with Gasteiger partial charge in [0.25, 0.3) is 0 Å². The minimum Gasteiger partial charge on any atom is -0.478 e. The minimum atomic E-state index is -0.969. The quantitative estimate of drug-likeness (QED) is 0.727. The van der Waals surface area contributed by atoms with Gasteiger partial charge in [0.1, 0.15) is 0 Å². The molecule has 0 aliphatic heterocycles. The molecule has 2 aromatic carbocycles. The molecular formula is C20H20N4O2. The van der Waals surface area contributed by atoms with Gasteiger partial charge in [0, 0.05) is 37.2 Å². The van der Waals surface area contributed by atoms with Gasteiger partial charge in [-0.3, -0.25) is 0 Å². The number of aromatic nitrogens is 2. The van der Waals surface area contributed by atoms with E-state index in [9.17, 15) is 4.79 Å². The molecule has 0 radical (unpaired) electrons. The third-order valence-corrected chi connectivity index (χ3v) is 4.04. The molecule has 1 heterocycles. The molecule has 0 saturated heterocycles. The van der Waals surface area contributed by atoms with E-state index in [2.05, 4.69) is 21.4 Å². The van der Waals surface area contributed by atoms with Gasteiger partial charge in [-0.1, -0.05) is 18.2 Å². The van der Waals surface area contributed by atoms with E-state index in [4.69, 9.17) is 5.11 Å². The van der Waals surface area contributed by atoms with Gasteiger partial charge in [-0.25, -0.2) is 14.8 Å². The van der Waals surface area contributed by atoms with Crippen LogP contribution < -0.4 is 10.2 Å². The van der Waals surface area contributed by atoms with Gasteiger partial charge >= 0.3 is 5.97 Å². The number of benzene rings is 2. The van der Waals surface area contributed by atoms with E-state index >= 15 is 0 Å². The first-order chi connectivity index (χ1) is 12.4. The highest BCUT2D eigenvalue weighted by Gasteiger charge is 2.09. The van der Waals surface area contributed by atoms with Gasteiger partial charge in [-0.2, -0.15) is 0 Å². The molecule has 3 rings (SSSR count). The number of nitrogens with one attached hydrogen (secondary N) is 1. The van der Waals surface area contributed by atoms with Crippen LogP contribution in [0.25, 0.3) is 11.3 Å². The number of carboxylic acid groups (broad SMARTS) is 1. The maximum atomic E-state index is 11.2. The fourth-order valence-corrected chi connectivity index (χ4v) is 2.53. The molecule has 3 aromatic rings. The van der Waals surface area contributed by atoms with Crippen LogP contribution in [0.4, 0.5) is 17.3 Å². The molecule has 0 spiro atoms. The van der Waals surface area contributed by atoms with Crippen molar-refractivity contribution in [1.29, 1.82) is 0 Å². The highest BCUT2D eigenvalue weighted by atomic mass is 16.4. The number of rotatable bonds is 5. The lowest BCUT2D eigenvalue weighted by Gasteiger charge is -2.14. The maximum Gasteiger partial charge on any atom is 0.335 e. The van der Waals surface area contributed by atoms with Crippen LogP contribution in [0, 0.1) is 6.92 Å². The molecule has 0 aliphatic carbocycles.